The van der Waals surface area contributed by atoms with Crippen molar-refractivity contribution in [2.75, 3.05) is 0 Å². The lowest BCUT2D eigenvalue weighted by Gasteiger charge is -2.09. The molecule has 0 aliphatic heterocycles. The van der Waals surface area contributed by atoms with E-state index in [1.54, 1.807) is 31.2 Å². The Kier molecular flexibility index (Phi) is 4.76. The number of aryl methyl sites for hydroxylation is 1. The van der Waals surface area contributed by atoms with E-state index in [1.807, 2.05) is 0 Å². The zero-order valence-corrected chi connectivity index (χ0v) is 18.0. The summed E-state index contributed by atoms with van der Waals surface area (Å²) in [5, 5.41) is 22.4. The van der Waals surface area contributed by atoms with Crippen LogP contribution in [0.5, 0.6) is 11.6 Å². The fraction of sp³-hybridized carbons (Fsp3) is 0.0435. The molecule has 160 valence electrons. The van der Waals surface area contributed by atoms with Gasteiger partial charge in [-0.3, -0.25) is 9.36 Å². The lowest BCUT2D eigenvalue weighted by atomic mass is 10.0. The number of thiazole rings is 1. The number of benzene rings is 2. The van der Waals surface area contributed by atoms with Crippen LogP contribution < -0.4 is 0 Å². The molecule has 3 heterocycles. The van der Waals surface area contributed by atoms with Crippen LogP contribution in [0.25, 0.3) is 26.6 Å². The molecule has 0 aliphatic carbocycles. The van der Waals surface area contributed by atoms with Gasteiger partial charge >= 0.3 is 0 Å². The summed E-state index contributed by atoms with van der Waals surface area (Å²) in [5.74, 6) is -1.78. The number of carbonyl (C=O) groups excluding carboxylic acids is 1. The fourth-order valence-electron chi connectivity index (χ4n) is 3.49. The first kappa shape index (κ1) is 20.3. The molecule has 2 aromatic carbocycles. The highest BCUT2D eigenvalue weighted by Crippen LogP contribution is 2.45. The highest BCUT2D eigenvalue weighted by atomic mass is 35.5. The summed E-state index contributed by atoms with van der Waals surface area (Å²) in [5.41, 5.74) is 0.998. The Morgan fingerprint density at radius 2 is 1.88 bits per heavy atom. The number of furan rings is 1. The number of nitrogens with zero attached hydrogens (tertiary/aromatic N) is 2. The minimum atomic E-state index is -0.631. The van der Waals surface area contributed by atoms with E-state index < -0.39 is 23.2 Å². The number of halogens is 2. The molecule has 0 atom stereocenters. The van der Waals surface area contributed by atoms with E-state index in [9.17, 15) is 19.4 Å². The molecule has 0 bridgehead atoms. The van der Waals surface area contributed by atoms with Crippen LogP contribution in [0, 0.1) is 12.7 Å². The van der Waals surface area contributed by atoms with Crippen LogP contribution in [-0.4, -0.2) is 25.5 Å². The first-order valence-corrected chi connectivity index (χ1v) is 10.6. The summed E-state index contributed by atoms with van der Waals surface area (Å²) in [6.45, 7) is 1.69. The maximum absolute atomic E-state index is 13.6. The number of hydrogen-bond acceptors (Lipinski definition) is 6. The minimum absolute atomic E-state index is 0.00519. The lowest BCUT2D eigenvalue weighted by Crippen LogP contribution is -2.04. The van der Waals surface area contributed by atoms with E-state index in [0.717, 1.165) is 4.70 Å². The lowest BCUT2D eigenvalue weighted by molar-refractivity contribution is 0.101. The largest absolute Gasteiger partial charge is 0.503 e. The van der Waals surface area contributed by atoms with Crippen molar-refractivity contribution in [3.8, 4) is 28.0 Å². The predicted molar refractivity (Wildman–Crippen MR) is 120 cm³/mol. The van der Waals surface area contributed by atoms with E-state index in [0.29, 0.717) is 27.0 Å². The monoisotopic (exact) mass is 468 g/mol. The molecule has 2 N–H and O–H groups in total. The van der Waals surface area contributed by atoms with E-state index in [4.69, 9.17) is 16.0 Å². The van der Waals surface area contributed by atoms with Crippen molar-refractivity contribution in [2.24, 2.45) is 0 Å². The van der Waals surface area contributed by atoms with Crippen LogP contribution in [0.3, 0.4) is 0 Å². The molecule has 0 saturated carbocycles. The summed E-state index contributed by atoms with van der Waals surface area (Å²) in [6, 6.07) is 13.6. The zero-order valence-electron chi connectivity index (χ0n) is 16.5. The Bertz CT molecular complexity index is 1500. The number of fused-ring (bicyclic) bond motifs is 1. The first-order chi connectivity index (χ1) is 15.3. The second-order valence-corrected chi connectivity index (χ2v) is 8.53. The Balaban J connectivity index is 1.81. The Labute approximate surface area is 189 Å². The predicted octanol–water partition coefficient (Wildman–Crippen LogP) is 6.09. The van der Waals surface area contributed by atoms with Crippen LogP contribution in [0.15, 0.2) is 59.0 Å². The highest BCUT2D eigenvalue weighted by Gasteiger charge is 2.32. The van der Waals surface area contributed by atoms with Gasteiger partial charge in [0, 0.05) is 5.02 Å². The first-order valence-electron chi connectivity index (χ1n) is 9.43. The molecule has 0 unspecified atom stereocenters. The molecular formula is C23H14ClFN2O4S. The van der Waals surface area contributed by atoms with Crippen molar-refractivity contribution in [1.82, 2.24) is 9.55 Å². The van der Waals surface area contributed by atoms with Gasteiger partial charge in [-0.25, -0.2) is 9.37 Å². The third-order valence-electron chi connectivity index (χ3n) is 4.96. The molecule has 0 saturated heterocycles. The average Bonchev–Trinajstić information content (AvgIpc) is 3.44. The van der Waals surface area contributed by atoms with Crippen molar-refractivity contribution < 1.29 is 23.8 Å². The molecule has 6 nitrogen and oxygen atoms in total. The van der Waals surface area contributed by atoms with Gasteiger partial charge < -0.3 is 14.6 Å². The summed E-state index contributed by atoms with van der Waals surface area (Å²) in [6.07, 6.45) is 0. The normalized spacial score (nSPS) is 11.3. The molecule has 0 spiro atoms. The van der Waals surface area contributed by atoms with Gasteiger partial charge in [0.25, 0.3) is 0 Å². The number of carbonyl (C=O) groups is 1. The minimum Gasteiger partial charge on any atom is -0.503 e. The van der Waals surface area contributed by atoms with Crippen LogP contribution in [-0.2, 0) is 0 Å². The molecular weight excluding hydrogens is 455 g/mol. The second-order valence-electron chi connectivity index (χ2n) is 7.09. The maximum Gasteiger partial charge on any atom is 0.242 e. The van der Waals surface area contributed by atoms with Gasteiger partial charge in [0.15, 0.2) is 16.6 Å². The number of aromatic hydroxyl groups is 2. The van der Waals surface area contributed by atoms with Gasteiger partial charge in [-0.15, -0.1) is 0 Å². The van der Waals surface area contributed by atoms with Crippen molar-refractivity contribution in [2.45, 2.75) is 6.92 Å². The Hall–Kier alpha value is -3.62. The summed E-state index contributed by atoms with van der Waals surface area (Å²) in [7, 11) is 0. The van der Waals surface area contributed by atoms with Gasteiger partial charge in [-0.05, 0) is 67.1 Å². The van der Waals surface area contributed by atoms with Crippen molar-refractivity contribution in [1.29, 1.82) is 0 Å². The van der Waals surface area contributed by atoms with E-state index in [2.05, 4.69) is 4.98 Å². The van der Waals surface area contributed by atoms with Crippen molar-refractivity contribution >= 4 is 38.9 Å². The van der Waals surface area contributed by atoms with E-state index in [1.165, 1.54) is 46.2 Å². The smallest absolute Gasteiger partial charge is 0.242 e. The summed E-state index contributed by atoms with van der Waals surface area (Å²) >= 11 is 7.29. The average molecular weight is 469 g/mol. The fourth-order valence-corrected chi connectivity index (χ4v) is 4.74. The molecule has 0 amide bonds. The standard InChI is InChI=1S/C23H14ClFN2O4S/c1-11-2-9-16(31-11)20(28)18-19(12-3-6-14(25)7-4-12)27(22(30)21(18)29)23-26-15-8-5-13(24)10-17(15)32-23/h2-10,29-30H,1H3. The van der Waals surface area contributed by atoms with Crippen molar-refractivity contribution in [3.63, 3.8) is 0 Å². The number of hydrogen-bond donors (Lipinski definition) is 2. The molecule has 3 aromatic heterocycles. The van der Waals surface area contributed by atoms with Crippen LogP contribution in [0.2, 0.25) is 5.02 Å². The van der Waals surface area contributed by atoms with Crippen LogP contribution in [0.4, 0.5) is 4.39 Å². The Morgan fingerprint density at radius 3 is 2.56 bits per heavy atom. The third kappa shape index (κ3) is 3.24. The van der Waals surface area contributed by atoms with Gasteiger partial charge in [0.1, 0.15) is 11.6 Å². The molecule has 32 heavy (non-hydrogen) atoms. The topological polar surface area (TPSA) is 88.5 Å². The summed E-state index contributed by atoms with van der Waals surface area (Å²) < 4.78 is 21.1. The van der Waals surface area contributed by atoms with Gasteiger partial charge in [0.2, 0.25) is 11.7 Å². The molecule has 9 heteroatoms. The van der Waals surface area contributed by atoms with E-state index in [-0.39, 0.29) is 17.0 Å². The molecule has 0 fully saturated rings. The van der Waals surface area contributed by atoms with Gasteiger partial charge in [-0.2, -0.15) is 0 Å². The van der Waals surface area contributed by atoms with Crippen LogP contribution >= 0.6 is 22.9 Å². The second kappa shape index (κ2) is 7.51. The van der Waals surface area contributed by atoms with Gasteiger partial charge in [-0.1, -0.05) is 22.9 Å². The molecule has 0 aliphatic rings. The van der Waals surface area contributed by atoms with E-state index >= 15 is 0 Å². The number of ketones is 1. The Morgan fingerprint density at radius 1 is 1.12 bits per heavy atom. The van der Waals surface area contributed by atoms with Gasteiger partial charge in [0.05, 0.1) is 21.5 Å². The summed E-state index contributed by atoms with van der Waals surface area (Å²) in [4.78, 5) is 17.8. The SMILES string of the molecule is Cc1ccc(C(=O)c2c(O)c(O)n(-c3nc4ccc(Cl)cc4s3)c2-c2ccc(F)cc2)o1. The molecule has 5 aromatic rings. The number of rotatable bonds is 4. The molecule has 0 radical (unpaired) electrons. The molecule has 5 rings (SSSR count). The third-order valence-corrected chi connectivity index (χ3v) is 6.20. The highest BCUT2D eigenvalue weighted by molar-refractivity contribution is 7.20. The van der Waals surface area contributed by atoms with Crippen LogP contribution in [0.1, 0.15) is 21.9 Å². The quantitative estimate of drug-likeness (QED) is 0.311. The zero-order chi connectivity index (χ0) is 22.6. The number of aromatic nitrogens is 2. The van der Waals surface area contributed by atoms with Crippen molar-refractivity contribution in [3.05, 3.63) is 82.5 Å². The maximum atomic E-state index is 13.6.